The SMILES string of the molecule is CCOc1ccc(-c2nc(/C3=C/C(CN(C)C)=C\CCC=C3)no2)cc1OCC. The summed E-state index contributed by atoms with van der Waals surface area (Å²) in [7, 11) is 4.13. The summed E-state index contributed by atoms with van der Waals surface area (Å²) in [6, 6.07) is 5.66. The first kappa shape index (κ1) is 20.9. The Morgan fingerprint density at radius 3 is 2.62 bits per heavy atom. The third-order valence-electron chi connectivity index (χ3n) is 4.35. The number of ether oxygens (including phenoxy) is 2. The minimum absolute atomic E-state index is 0.457. The Balaban J connectivity index is 1.90. The molecule has 2 aromatic rings. The highest BCUT2D eigenvalue weighted by atomic mass is 16.5. The van der Waals surface area contributed by atoms with E-state index >= 15 is 0 Å². The molecular formula is C23H29N3O3. The molecule has 6 nitrogen and oxygen atoms in total. The highest BCUT2D eigenvalue weighted by Crippen LogP contribution is 2.33. The van der Waals surface area contributed by atoms with Crippen LogP contribution in [0, 0.1) is 0 Å². The van der Waals surface area contributed by atoms with Crippen LogP contribution in [0.4, 0.5) is 0 Å². The second-order valence-electron chi connectivity index (χ2n) is 7.05. The van der Waals surface area contributed by atoms with Gasteiger partial charge in [-0.3, -0.25) is 0 Å². The van der Waals surface area contributed by atoms with Gasteiger partial charge >= 0.3 is 0 Å². The quantitative estimate of drug-likeness (QED) is 0.642. The van der Waals surface area contributed by atoms with Crippen LogP contribution in [0.25, 0.3) is 17.0 Å². The molecule has 0 radical (unpaired) electrons. The van der Waals surface area contributed by atoms with E-state index in [9.17, 15) is 0 Å². The van der Waals surface area contributed by atoms with E-state index in [4.69, 9.17) is 14.0 Å². The Kier molecular flexibility index (Phi) is 7.25. The van der Waals surface area contributed by atoms with Crippen LogP contribution in [0.5, 0.6) is 11.5 Å². The fourth-order valence-corrected chi connectivity index (χ4v) is 3.14. The zero-order valence-corrected chi connectivity index (χ0v) is 17.6. The molecule has 154 valence electrons. The van der Waals surface area contributed by atoms with Gasteiger partial charge in [-0.2, -0.15) is 4.98 Å². The van der Waals surface area contributed by atoms with Crippen LogP contribution in [0.15, 0.2) is 52.6 Å². The van der Waals surface area contributed by atoms with Gasteiger partial charge in [-0.25, -0.2) is 0 Å². The van der Waals surface area contributed by atoms with E-state index < -0.39 is 0 Å². The van der Waals surface area contributed by atoms with Gasteiger partial charge in [-0.15, -0.1) is 0 Å². The second kappa shape index (κ2) is 10.1. The number of hydrogen-bond donors (Lipinski definition) is 0. The molecule has 29 heavy (non-hydrogen) atoms. The molecule has 0 fully saturated rings. The summed E-state index contributed by atoms with van der Waals surface area (Å²) >= 11 is 0. The molecule has 0 unspecified atom stereocenters. The average molecular weight is 396 g/mol. The molecule has 0 saturated carbocycles. The normalized spacial score (nSPS) is 17.8. The number of nitrogens with zero attached hydrogens (tertiary/aromatic N) is 3. The zero-order chi connectivity index (χ0) is 20.6. The predicted molar refractivity (Wildman–Crippen MR) is 115 cm³/mol. The van der Waals surface area contributed by atoms with Crippen LogP contribution in [-0.4, -0.2) is 48.9 Å². The maximum atomic E-state index is 5.71. The third kappa shape index (κ3) is 5.57. The first-order valence-corrected chi connectivity index (χ1v) is 10.1. The summed E-state index contributed by atoms with van der Waals surface area (Å²) in [6.07, 6.45) is 10.7. The highest BCUT2D eigenvalue weighted by Gasteiger charge is 2.15. The highest BCUT2D eigenvalue weighted by molar-refractivity contribution is 5.73. The van der Waals surface area contributed by atoms with Crippen LogP contribution >= 0.6 is 0 Å². The van der Waals surface area contributed by atoms with E-state index in [1.165, 1.54) is 5.57 Å². The van der Waals surface area contributed by atoms with Gasteiger partial charge in [-0.05, 0) is 70.6 Å². The molecule has 0 bridgehead atoms. The number of hydrogen-bond acceptors (Lipinski definition) is 6. The van der Waals surface area contributed by atoms with Crippen molar-refractivity contribution in [3.05, 3.63) is 53.9 Å². The lowest BCUT2D eigenvalue weighted by atomic mass is 10.0. The van der Waals surface area contributed by atoms with E-state index in [-0.39, 0.29) is 0 Å². The summed E-state index contributed by atoms with van der Waals surface area (Å²) in [5.41, 5.74) is 3.00. The average Bonchev–Trinajstić information content (AvgIpc) is 3.15. The molecule has 0 spiro atoms. The molecule has 1 aromatic carbocycles. The maximum absolute atomic E-state index is 5.71. The van der Waals surface area contributed by atoms with Gasteiger partial charge < -0.3 is 18.9 Å². The predicted octanol–water partition coefficient (Wildman–Crippen LogP) is 4.76. The topological polar surface area (TPSA) is 60.6 Å². The van der Waals surface area contributed by atoms with Gasteiger partial charge in [0.15, 0.2) is 11.5 Å². The van der Waals surface area contributed by atoms with E-state index in [0.29, 0.717) is 36.4 Å². The van der Waals surface area contributed by atoms with Crippen molar-refractivity contribution in [3.63, 3.8) is 0 Å². The fraction of sp³-hybridized carbons (Fsp3) is 0.391. The molecule has 0 saturated heterocycles. The van der Waals surface area contributed by atoms with Crippen LogP contribution in [0.3, 0.4) is 0 Å². The summed E-state index contributed by atoms with van der Waals surface area (Å²) in [5.74, 6) is 2.42. The lowest BCUT2D eigenvalue weighted by Gasteiger charge is -2.12. The Hall–Kier alpha value is -2.86. The molecule has 1 aliphatic carbocycles. The van der Waals surface area contributed by atoms with E-state index in [2.05, 4.69) is 53.4 Å². The Morgan fingerprint density at radius 2 is 1.86 bits per heavy atom. The molecular weight excluding hydrogens is 366 g/mol. The standard InChI is InChI=1S/C23H29N3O3/c1-5-27-20-13-12-19(15-21(20)28-6-2)23-24-22(25-29-23)18-11-9-7-8-10-17(14-18)16-26(3)4/h9-15H,5-8,16H2,1-4H3/b11-9?,17-10+,18-14+. The number of benzene rings is 1. The minimum atomic E-state index is 0.457. The Labute approximate surface area is 172 Å². The molecule has 0 atom stereocenters. The molecule has 3 rings (SSSR count). The van der Waals surface area contributed by atoms with Crippen LogP contribution < -0.4 is 9.47 Å². The lowest BCUT2D eigenvalue weighted by molar-refractivity contribution is 0.288. The molecule has 1 aromatic heterocycles. The molecule has 0 amide bonds. The van der Waals surface area contributed by atoms with Gasteiger partial charge in [0, 0.05) is 17.7 Å². The number of rotatable bonds is 8. The van der Waals surface area contributed by atoms with Gasteiger partial charge in [0.25, 0.3) is 5.89 Å². The van der Waals surface area contributed by atoms with Crippen LogP contribution in [0.1, 0.15) is 32.5 Å². The van der Waals surface area contributed by atoms with Crippen molar-refractivity contribution in [2.45, 2.75) is 26.7 Å². The monoisotopic (exact) mass is 395 g/mol. The maximum Gasteiger partial charge on any atom is 0.258 e. The summed E-state index contributed by atoms with van der Waals surface area (Å²) < 4.78 is 16.9. The van der Waals surface area contributed by atoms with E-state index in [1.807, 2.05) is 32.0 Å². The van der Waals surface area contributed by atoms with Crippen molar-refractivity contribution in [1.29, 1.82) is 0 Å². The van der Waals surface area contributed by atoms with Gasteiger partial charge in [0.05, 0.1) is 13.2 Å². The number of likely N-dealkylation sites (N-methyl/N-ethyl adjacent to an activating group) is 1. The van der Waals surface area contributed by atoms with Crippen molar-refractivity contribution in [2.75, 3.05) is 33.9 Å². The van der Waals surface area contributed by atoms with Crippen molar-refractivity contribution in [3.8, 4) is 23.0 Å². The summed E-state index contributed by atoms with van der Waals surface area (Å²) in [6.45, 7) is 5.89. The van der Waals surface area contributed by atoms with Crippen molar-refractivity contribution in [1.82, 2.24) is 15.0 Å². The second-order valence-corrected chi connectivity index (χ2v) is 7.05. The summed E-state index contributed by atoms with van der Waals surface area (Å²) in [5, 5.41) is 4.22. The molecule has 1 aliphatic rings. The minimum Gasteiger partial charge on any atom is -0.490 e. The first-order valence-electron chi connectivity index (χ1n) is 10.1. The smallest absolute Gasteiger partial charge is 0.258 e. The van der Waals surface area contributed by atoms with Crippen LogP contribution in [0.2, 0.25) is 0 Å². The van der Waals surface area contributed by atoms with Gasteiger partial charge in [-0.1, -0.05) is 23.4 Å². The van der Waals surface area contributed by atoms with Gasteiger partial charge in [0.1, 0.15) is 0 Å². The Morgan fingerprint density at radius 1 is 1.07 bits per heavy atom. The van der Waals surface area contributed by atoms with Crippen molar-refractivity contribution >= 4 is 5.57 Å². The zero-order valence-electron chi connectivity index (χ0n) is 17.6. The fourth-order valence-electron chi connectivity index (χ4n) is 3.14. The molecule has 1 heterocycles. The van der Waals surface area contributed by atoms with Crippen molar-refractivity contribution in [2.24, 2.45) is 0 Å². The van der Waals surface area contributed by atoms with E-state index in [0.717, 1.165) is 30.5 Å². The molecule has 0 aliphatic heterocycles. The largest absolute Gasteiger partial charge is 0.490 e. The number of allylic oxidation sites excluding steroid dienone is 4. The van der Waals surface area contributed by atoms with Crippen molar-refractivity contribution < 1.29 is 14.0 Å². The van der Waals surface area contributed by atoms with Gasteiger partial charge in [0.2, 0.25) is 5.82 Å². The third-order valence-corrected chi connectivity index (χ3v) is 4.35. The van der Waals surface area contributed by atoms with Crippen LogP contribution in [-0.2, 0) is 0 Å². The molecule has 0 N–H and O–H groups in total. The number of aromatic nitrogens is 2. The lowest BCUT2D eigenvalue weighted by Crippen LogP contribution is -2.14. The van der Waals surface area contributed by atoms with E-state index in [1.54, 1.807) is 0 Å². The molecule has 6 heteroatoms. The Bertz CT molecular complexity index is 910. The summed E-state index contributed by atoms with van der Waals surface area (Å²) in [4.78, 5) is 6.79. The first-order chi connectivity index (χ1) is 14.1.